The fraction of sp³-hybridized carbons (Fsp3) is 0.273. The molecule has 0 bridgehead atoms. The van der Waals surface area contributed by atoms with Gasteiger partial charge in [-0.2, -0.15) is 0 Å². The Kier molecular flexibility index (Phi) is 2.50. The van der Waals surface area contributed by atoms with E-state index in [0.29, 0.717) is 5.56 Å². The number of alkyl halides is 1. The Labute approximate surface area is 101 Å². The molecular formula is C11H12BrN3O. The van der Waals surface area contributed by atoms with Crippen LogP contribution >= 0.6 is 15.9 Å². The van der Waals surface area contributed by atoms with Crippen LogP contribution < -0.4 is 21.9 Å². The average Bonchev–Trinajstić information content (AvgIpc) is 2.20. The number of aromatic nitrogens is 1. The Morgan fingerprint density at radius 3 is 3.00 bits per heavy atom. The first-order valence-electron chi connectivity index (χ1n) is 4.89. The maximum atomic E-state index is 11.5. The van der Waals surface area contributed by atoms with Crippen LogP contribution in [0.3, 0.4) is 0 Å². The lowest BCUT2D eigenvalue weighted by molar-refractivity contribution is 0.871. The van der Waals surface area contributed by atoms with Crippen molar-refractivity contribution < 1.29 is 0 Å². The van der Waals surface area contributed by atoms with E-state index in [1.54, 1.807) is 0 Å². The predicted octanol–water partition coefficient (Wildman–Crippen LogP) is 0.0731. The van der Waals surface area contributed by atoms with Gasteiger partial charge < -0.3 is 16.1 Å². The molecule has 0 radical (unpaired) electrons. The van der Waals surface area contributed by atoms with E-state index in [0.717, 1.165) is 23.2 Å². The van der Waals surface area contributed by atoms with Crippen molar-refractivity contribution in [3.63, 3.8) is 0 Å². The lowest BCUT2D eigenvalue weighted by atomic mass is 9.98. The van der Waals surface area contributed by atoms with E-state index in [1.807, 2.05) is 19.1 Å². The highest BCUT2D eigenvalue weighted by molar-refractivity contribution is 9.10. The number of anilines is 1. The summed E-state index contributed by atoms with van der Waals surface area (Å²) >= 11 is 3.57. The van der Waals surface area contributed by atoms with Gasteiger partial charge in [0, 0.05) is 26.7 Å². The third-order valence-electron chi connectivity index (χ3n) is 2.66. The molecule has 0 spiro atoms. The fourth-order valence-corrected chi connectivity index (χ4v) is 2.19. The van der Waals surface area contributed by atoms with Gasteiger partial charge in [0.1, 0.15) is 5.69 Å². The fourth-order valence-electron chi connectivity index (χ4n) is 1.80. The van der Waals surface area contributed by atoms with Crippen LogP contribution in [0, 0.1) is 5.41 Å². The van der Waals surface area contributed by atoms with E-state index in [9.17, 15) is 4.79 Å². The molecule has 1 aromatic heterocycles. The number of nitrogens with one attached hydrogen (secondary N) is 2. The van der Waals surface area contributed by atoms with Crippen LogP contribution in [-0.2, 0) is 0 Å². The van der Waals surface area contributed by atoms with Crippen molar-refractivity contribution >= 4 is 40.0 Å². The van der Waals surface area contributed by atoms with E-state index in [2.05, 4.69) is 20.9 Å². The molecule has 84 valence electrons. The van der Waals surface area contributed by atoms with E-state index in [-0.39, 0.29) is 15.6 Å². The largest absolute Gasteiger partial charge is 0.394 e. The Bertz CT molecular complexity index is 628. The summed E-state index contributed by atoms with van der Waals surface area (Å²) in [4.78, 5) is 14.2. The van der Waals surface area contributed by atoms with Crippen LogP contribution in [0.5, 0.6) is 0 Å². The number of nitrogen functional groups attached to an aromatic ring is 1. The molecule has 16 heavy (non-hydrogen) atoms. The van der Waals surface area contributed by atoms with Crippen LogP contribution in [0.15, 0.2) is 4.79 Å². The summed E-state index contributed by atoms with van der Waals surface area (Å²) in [5.41, 5.74) is 5.92. The highest BCUT2D eigenvalue weighted by Crippen LogP contribution is 2.25. The van der Waals surface area contributed by atoms with E-state index in [4.69, 9.17) is 11.1 Å². The van der Waals surface area contributed by atoms with E-state index >= 15 is 0 Å². The zero-order valence-corrected chi connectivity index (χ0v) is 10.4. The van der Waals surface area contributed by atoms with Gasteiger partial charge >= 0.3 is 0 Å². The second kappa shape index (κ2) is 3.59. The van der Waals surface area contributed by atoms with Crippen molar-refractivity contribution in [3.05, 3.63) is 26.5 Å². The third-order valence-corrected chi connectivity index (χ3v) is 3.21. The molecule has 1 aliphatic carbocycles. The minimum absolute atomic E-state index is 0.101. The number of hydrogen-bond donors (Lipinski definition) is 3. The first-order chi connectivity index (χ1) is 7.44. The van der Waals surface area contributed by atoms with Gasteiger partial charge in [-0.1, -0.05) is 28.1 Å². The zero-order chi connectivity index (χ0) is 11.9. The minimum atomic E-state index is -0.333. The zero-order valence-electron chi connectivity index (χ0n) is 8.80. The monoisotopic (exact) mass is 281 g/mol. The van der Waals surface area contributed by atoms with Crippen molar-refractivity contribution in [1.82, 2.24) is 4.98 Å². The molecule has 0 amide bonds. The minimum Gasteiger partial charge on any atom is -0.394 e. The summed E-state index contributed by atoms with van der Waals surface area (Å²) in [6, 6.07) is 0. The molecule has 0 fully saturated rings. The Morgan fingerprint density at radius 2 is 2.38 bits per heavy atom. The summed E-state index contributed by atoms with van der Waals surface area (Å²) in [6.07, 6.45) is 5.84. The summed E-state index contributed by atoms with van der Waals surface area (Å²) in [5.74, 6) is 0. The molecule has 1 heterocycles. The van der Waals surface area contributed by atoms with Crippen molar-refractivity contribution in [2.75, 3.05) is 5.73 Å². The van der Waals surface area contributed by atoms with Crippen LogP contribution in [0.25, 0.3) is 12.2 Å². The van der Waals surface area contributed by atoms with Gasteiger partial charge in [-0.15, -0.1) is 0 Å². The van der Waals surface area contributed by atoms with Gasteiger partial charge in [0.25, 0.3) is 5.56 Å². The normalized spacial score (nSPS) is 22.9. The molecule has 2 rings (SSSR count). The molecule has 0 saturated heterocycles. The maximum absolute atomic E-state index is 11.5. The molecule has 5 heteroatoms. The van der Waals surface area contributed by atoms with Crippen molar-refractivity contribution in [3.8, 4) is 0 Å². The molecule has 0 aliphatic heterocycles. The number of rotatable bonds is 1. The van der Waals surface area contributed by atoms with Gasteiger partial charge in [0.05, 0.1) is 0 Å². The first-order valence-corrected chi connectivity index (χ1v) is 5.68. The lowest BCUT2D eigenvalue weighted by Gasteiger charge is -2.19. The molecular weight excluding hydrogens is 270 g/mol. The number of halogens is 1. The van der Waals surface area contributed by atoms with Crippen LogP contribution in [-0.4, -0.2) is 15.5 Å². The highest BCUT2D eigenvalue weighted by Gasteiger charge is 2.19. The highest BCUT2D eigenvalue weighted by atomic mass is 79.9. The summed E-state index contributed by atoms with van der Waals surface area (Å²) in [5, 5.41) is 8.91. The topological polar surface area (TPSA) is 82.7 Å². The molecule has 1 aliphatic rings. The summed E-state index contributed by atoms with van der Waals surface area (Å²) in [6.45, 7) is 2.03. The number of fused-ring (bicyclic) bond motifs is 1. The first kappa shape index (κ1) is 11.1. The smallest absolute Gasteiger partial charge is 0.272 e. The van der Waals surface area contributed by atoms with Gasteiger partial charge in [-0.3, -0.25) is 4.79 Å². The Morgan fingerprint density at radius 1 is 1.69 bits per heavy atom. The second-order valence-electron chi connectivity index (χ2n) is 4.08. The quantitative estimate of drug-likeness (QED) is 0.503. The number of nitrogens with two attached hydrogens (primary N) is 1. The summed E-state index contributed by atoms with van der Waals surface area (Å²) in [7, 11) is 0. The van der Waals surface area contributed by atoms with Crippen molar-refractivity contribution in [2.24, 2.45) is 0 Å². The Hall–Kier alpha value is -1.36. The number of aromatic amines is 1. The number of hydrogen-bond acceptors (Lipinski definition) is 3. The van der Waals surface area contributed by atoms with Gasteiger partial charge in [-0.25, -0.2) is 0 Å². The molecule has 0 saturated carbocycles. The lowest BCUT2D eigenvalue weighted by Crippen LogP contribution is -2.43. The van der Waals surface area contributed by atoms with Crippen molar-refractivity contribution in [1.29, 1.82) is 5.41 Å². The number of H-pyrrole nitrogens is 1. The average molecular weight is 282 g/mol. The SMILES string of the molecule is CC1(Br)C=c2c(C=N)c(N)c(=O)[nH]c2=CC1. The number of pyridine rings is 1. The standard InChI is InChI=1S/C11H12BrN3O/c1-11(12)3-2-8-6(4-11)7(5-13)9(14)10(16)15-8/h2,4-5,13H,3,14H2,1H3,(H,15,16). The van der Waals surface area contributed by atoms with Crippen molar-refractivity contribution in [2.45, 2.75) is 17.7 Å². The van der Waals surface area contributed by atoms with Crippen LogP contribution in [0.1, 0.15) is 18.9 Å². The van der Waals surface area contributed by atoms with E-state index < -0.39 is 0 Å². The summed E-state index contributed by atoms with van der Waals surface area (Å²) < 4.78 is -0.150. The molecule has 1 atom stereocenters. The maximum Gasteiger partial charge on any atom is 0.272 e. The second-order valence-corrected chi connectivity index (χ2v) is 5.90. The van der Waals surface area contributed by atoms with Gasteiger partial charge in [-0.05, 0) is 13.3 Å². The molecule has 1 aromatic rings. The van der Waals surface area contributed by atoms with Crippen LogP contribution in [0.4, 0.5) is 5.69 Å². The third kappa shape index (κ3) is 1.71. The predicted molar refractivity (Wildman–Crippen MR) is 69.5 cm³/mol. The van der Waals surface area contributed by atoms with Gasteiger partial charge in [0.2, 0.25) is 0 Å². The van der Waals surface area contributed by atoms with Gasteiger partial charge in [0.15, 0.2) is 0 Å². The van der Waals surface area contributed by atoms with E-state index in [1.165, 1.54) is 0 Å². The Balaban J connectivity index is 2.97. The molecule has 0 aromatic carbocycles. The molecule has 1 unspecified atom stereocenters. The molecule has 4 nitrogen and oxygen atoms in total. The molecule has 4 N–H and O–H groups in total. The van der Waals surface area contributed by atoms with Crippen LogP contribution in [0.2, 0.25) is 0 Å².